The van der Waals surface area contributed by atoms with Gasteiger partial charge in [0.25, 0.3) is 0 Å². The van der Waals surface area contributed by atoms with Crippen LogP contribution in [0.4, 0.5) is 0 Å². The van der Waals surface area contributed by atoms with E-state index in [0.717, 1.165) is 22.7 Å². The number of carbonyl (C=O) groups excluding carboxylic acids is 1. The first-order chi connectivity index (χ1) is 12.1. The van der Waals surface area contributed by atoms with E-state index in [1.54, 1.807) is 21.1 Å². The second kappa shape index (κ2) is 5.87. The molecule has 0 saturated carbocycles. The van der Waals surface area contributed by atoms with Crippen molar-refractivity contribution in [2.75, 3.05) is 6.54 Å². The van der Waals surface area contributed by atoms with E-state index in [1.807, 2.05) is 35.8 Å². The minimum absolute atomic E-state index is 0.0340. The molecule has 0 aliphatic carbocycles. The standard InChI is InChI=1S/C17H20N6O2/c1-12-18-19-15-11-21(9-10-22(12)15)16(24)7-8-23-14-6-4-3-5-13(14)20(2)17(23)25/h3-6H,7-11H2,1-2H3. The van der Waals surface area contributed by atoms with Gasteiger partial charge in [-0.05, 0) is 19.1 Å². The van der Waals surface area contributed by atoms with Crippen molar-refractivity contribution in [1.29, 1.82) is 0 Å². The number of para-hydroxylation sites is 2. The van der Waals surface area contributed by atoms with Gasteiger partial charge in [0.2, 0.25) is 5.91 Å². The topological polar surface area (TPSA) is 78.0 Å². The second-order valence-corrected chi connectivity index (χ2v) is 6.36. The molecular formula is C17H20N6O2. The minimum Gasteiger partial charge on any atom is -0.333 e. The number of rotatable bonds is 3. The van der Waals surface area contributed by atoms with Crippen LogP contribution in [0.2, 0.25) is 0 Å². The van der Waals surface area contributed by atoms with Crippen molar-refractivity contribution >= 4 is 16.9 Å². The van der Waals surface area contributed by atoms with Crippen molar-refractivity contribution < 1.29 is 4.79 Å². The van der Waals surface area contributed by atoms with E-state index in [2.05, 4.69) is 10.2 Å². The molecule has 0 atom stereocenters. The lowest BCUT2D eigenvalue weighted by Crippen LogP contribution is -2.39. The maximum absolute atomic E-state index is 12.6. The first kappa shape index (κ1) is 15.6. The van der Waals surface area contributed by atoms with E-state index in [-0.39, 0.29) is 11.6 Å². The number of hydrogen-bond donors (Lipinski definition) is 0. The molecule has 1 aliphatic rings. The van der Waals surface area contributed by atoms with Crippen LogP contribution in [0.25, 0.3) is 11.0 Å². The Morgan fingerprint density at radius 2 is 1.92 bits per heavy atom. The van der Waals surface area contributed by atoms with Crippen LogP contribution in [0, 0.1) is 6.92 Å². The zero-order valence-corrected chi connectivity index (χ0v) is 14.3. The Morgan fingerprint density at radius 1 is 1.16 bits per heavy atom. The van der Waals surface area contributed by atoms with Crippen LogP contribution in [-0.4, -0.2) is 41.3 Å². The smallest absolute Gasteiger partial charge is 0.328 e. The largest absolute Gasteiger partial charge is 0.333 e. The summed E-state index contributed by atoms with van der Waals surface area (Å²) in [5.41, 5.74) is 1.64. The Balaban J connectivity index is 1.50. The average molecular weight is 340 g/mol. The Kier molecular flexibility index (Phi) is 3.67. The highest BCUT2D eigenvalue weighted by Crippen LogP contribution is 2.15. The highest BCUT2D eigenvalue weighted by molar-refractivity contribution is 5.78. The van der Waals surface area contributed by atoms with Gasteiger partial charge in [0.05, 0.1) is 17.6 Å². The Morgan fingerprint density at radius 3 is 2.72 bits per heavy atom. The van der Waals surface area contributed by atoms with Gasteiger partial charge >= 0.3 is 5.69 Å². The lowest BCUT2D eigenvalue weighted by molar-refractivity contribution is -0.133. The molecule has 2 aromatic heterocycles. The summed E-state index contributed by atoms with van der Waals surface area (Å²) >= 11 is 0. The van der Waals surface area contributed by atoms with Crippen LogP contribution < -0.4 is 5.69 Å². The summed E-state index contributed by atoms with van der Waals surface area (Å²) in [7, 11) is 1.75. The average Bonchev–Trinajstić information content (AvgIpc) is 3.12. The zero-order chi connectivity index (χ0) is 17.6. The number of aryl methyl sites for hydroxylation is 3. The van der Waals surface area contributed by atoms with Gasteiger partial charge in [-0.15, -0.1) is 10.2 Å². The van der Waals surface area contributed by atoms with Crippen LogP contribution in [0.1, 0.15) is 18.1 Å². The second-order valence-electron chi connectivity index (χ2n) is 6.36. The maximum atomic E-state index is 12.6. The van der Waals surface area contributed by atoms with Gasteiger partial charge in [-0.1, -0.05) is 12.1 Å². The van der Waals surface area contributed by atoms with E-state index < -0.39 is 0 Å². The third kappa shape index (κ3) is 2.54. The van der Waals surface area contributed by atoms with Gasteiger partial charge in [-0.25, -0.2) is 4.79 Å². The number of amides is 1. The van der Waals surface area contributed by atoms with Gasteiger partial charge in [0, 0.05) is 33.1 Å². The Bertz CT molecular complexity index is 1010. The van der Waals surface area contributed by atoms with E-state index in [9.17, 15) is 9.59 Å². The van der Waals surface area contributed by atoms with Gasteiger partial charge in [-0.2, -0.15) is 0 Å². The molecule has 0 N–H and O–H groups in total. The van der Waals surface area contributed by atoms with Crippen molar-refractivity contribution in [3.05, 3.63) is 46.4 Å². The quantitative estimate of drug-likeness (QED) is 0.702. The summed E-state index contributed by atoms with van der Waals surface area (Å²) < 4.78 is 5.33. The van der Waals surface area contributed by atoms with Gasteiger partial charge in [-0.3, -0.25) is 13.9 Å². The van der Waals surface area contributed by atoms with Gasteiger partial charge in [0.1, 0.15) is 5.82 Å². The lowest BCUT2D eigenvalue weighted by Gasteiger charge is -2.27. The fourth-order valence-corrected chi connectivity index (χ4v) is 3.46. The molecule has 1 amide bonds. The normalized spacial score (nSPS) is 14.1. The molecule has 1 aliphatic heterocycles. The molecule has 0 saturated heterocycles. The fraction of sp³-hybridized carbons (Fsp3) is 0.412. The van der Waals surface area contributed by atoms with Crippen LogP contribution in [-0.2, 0) is 31.5 Å². The Hall–Kier alpha value is -2.90. The summed E-state index contributed by atoms with van der Waals surface area (Å²) in [6, 6.07) is 7.63. The molecule has 0 spiro atoms. The number of aromatic nitrogens is 5. The highest BCUT2D eigenvalue weighted by atomic mass is 16.2. The highest BCUT2D eigenvalue weighted by Gasteiger charge is 2.23. The molecule has 0 unspecified atom stereocenters. The van der Waals surface area contributed by atoms with Crippen molar-refractivity contribution in [2.45, 2.75) is 33.0 Å². The summed E-state index contributed by atoms with van der Waals surface area (Å²) in [5, 5.41) is 8.19. The minimum atomic E-state index is -0.0944. The molecule has 1 aromatic carbocycles. The maximum Gasteiger partial charge on any atom is 0.328 e. The summed E-state index contributed by atoms with van der Waals surface area (Å²) in [5.74, 6) is 1.73. The molecule has 25 heavy (non-hydrogen) atoms. The van der Waals surface area contributed by atoms with Crippen LogP contribution in [0.3, 0.4) is 0 Å². The predicted molar refractivity (Wildman–Crippen MR) is 92.0 cm³/mol. The molecule has 0 bridgehead atoms. The molecule has 0 radical (unpaired) electrons. The monoisotopic (exact) mass is 340 g/mol. The number of hydrogen-bond acceptors (Lipinski definition) is 4. The van der Waals surface area contributed by atoms with Gasteiger partial charge < -0.3 is 9.47 Å². The summed E-state index contributed by atoms with van der Waals surface area (Å²) in [4.78, 5) is 26.8. The molecule has 3 aromatic rings. The number of carbonyl (C=O) groups is 1. The predicted octanol–water partition coefficient (Wildman–Crippen LogP) is 0.672. The molecule has 0 fully saturated rings. The molecule has 130 valence electrons. The SMILES string of the molecule is Cc1nnc2n1CCN(C(=O)CCn1c(=O)n(C)c3ccccc31)C2. The van der Waals surface area contributed by atoms with Crippen LogP contribution >= 0.6 is 0 Å². The lowest BCUT2D eigenvalue weighted by atomic mass is 10.2. The van der Waals surface area contributed by atoms with E-state index in [4.69, 9.17) is 0 Å². The van der Waals surface area contributed by atoms with Crippen molar-refractivity contribution in [2.24, 2.45) is 7.05 Å². The number of nitrogens with zero attached hydrogens (tertiary/aromatic N) is 6. The van der Waals surface area contributed by atoms with Crippen LogP contribution in [0.5, 0.6) is 0 Å². The Labute approximate surface area is 144 Å². The van der Waals surface area contributed by atoms with E-state index >= 15 is 0 Å². The third-order valence-electron chi connectivity index (χ3n) is 4.89. The molecule has 8 heteroatoms. The fourth-order valence-electron chi connectivity index (χ4n) is 3.46. The van der Waals surface area contributed by atoms with E-state index in [1.165, 1.54) is 0 Å². The molecule has 8 nitrogen and oxygen atoms in total. The summed E-state index contributed by atoms with van der Waals surface area (Å²) in [6.45, 7) is 4.13. The number of benzene rings is 1. The number of fused-ring (bicyclic) bond motifs is 2. The molecule has 3 heterocycles. The summed E-state index contributed by atoms with van der Waals surface area (Å²) in [6.07, 6.45) is 0.293. The first-order valence-electron chi connectivity index (χ1n) is 8.37. The molecular weight excluding hydrogens is 320 g/mol. The van der Waals surface area contributed by atoms with Crippen molar-refractivity contribution in [3.63, 3.8) is 0 Å². The van der Waals surface area contributed by atoms with Crippen molar-refractivity contribution in [1.82, 2.24) is 28.8 Å². The zero-order valence-electron chi connectivity index (χ0n) is 14.3. The third-order valence-corrected chi connectivity index (χ3v) is 4.89. The first-order valence-corrected chi connectivity index (χ1v) is 8.37. The van der Waals surface area contributed by atoms with E-state index in [0.29, 0.717) is 32.6 Å². The number of imidazole rings is 1. The van der Waals surface area contributed by atoms with Gasteiger partial charge in [0.15, 0.2) is 5.82 Å². The molecule has 4 rings (SSSR count). The van der Waals surface area contributed by atoms with Crippen molar-refractivity contribution in [3.8, 4) is 0 Å². The van der Waals surface area contributed by atoms with Crippen LogP contribution in [0.15, 0.2) is 29.1 Å².